The highest BCUT2D eigenvalue weighted by Crippen LogP contribution is 2.38. The lowest BCUT2D eigenvalue weighted by Crippen LogP contribution is -2.28. The first-order chi connectivity index (χ1) is 14.2. The van der Waals surface area contributed by atoms with E-state index < -0.39 is 55.5 Å². The molecule has 12 heteroatoms. The number of carbonyl (C=O) groups is 1. The van der Waals surface area contributed by atoms with Crippen LogP contribution in [0.25, 0.3) is 0 Å². The fourth-order valence-corrected chi connectivity index (χ4v) is 4.97. The lowest BCUT2D eigenvalue weighted by Gasteiger charge is -2.24. The highest BCUT2D eigenvalue weighted by molar-refractivity contribution is 7.99. The Bertz CT molecular complexity index is 861. The molecule has 0 aromatic heterocycles. The number of nitrogens with one attached hydrogen (secondary N) is 2. The number of nitrogens with two attached hydrogens (primary N) is 1. The van der Waals surface area contributed by atoms with Crippen molar-refractivity contribution in [2.75, 3.05) is 24.2 Å². The van der Waals surface area contributed by atoms with Crippen molar-refractivity contribution in [3.05, 3.63) is 17.5 Å². The minimum absolute atomic E-state index is 0.0311. The maximum atomic E-state index is 15.2. The number of primary sulfonamides is 1. The van der Waals surface area contributed by atoms with Gasteiger partial charge in [0.25, 0.3) is 0 Å². The van der Waals surface area contributed by atoms with Gasteiger partial charge in [0.15, 0.2) is 17.5 Å². The van der Waals surface area contributed by atoms with Crippen LogP contribution in [0.15, 0.2) is 9.79 Å². The molecule has 5 N–H and O–H groups in total. The Labute approximate surface area is 178 Å². The van der Waals surface area contributed by atoms with Gasteiger partial charge in [-0.05, 0) is 12.8 Å². The van der Waals surface area contributed by atoms with Gasteiger partial charge in [-0.2, -0.15) is 0 Å². The summed E-state index contributed by atoms with van der Waals surface area (Å²) in [6, 6.07) is -0.299. The van der Waals surface area contributed by atoms with E-state index in [1.807, 2.05) is 0 Å². The van der Waals surface area contributed by atoms with Crippen LogP contribution >= 0.6 is 11.8 Å². The number of aliphatic hydroxyl groups excluding tert-OH is 1. The molecule has 1 aromatic rings. The molecule has 0 atom stereocenters. The maximum absolute atomic E-state index is 15.2. The van der Waals surface area contributed by atoms with Crippen LogP contribution in [0, 0.1) is 17.5 Å². The number of anilines is 1. The van der Waals surface area contributed by atoms with Gasteiger partial charge in [-0.3, -0.25) is 4.79 Å². The van der Waals surface area contributed by atoms with E-state index in [0.29, 0.717) is 24.6 Å². The van der Waals surface area contributed by atoms with Gasteiger partial charge in [-0.25, -0.2) is 26.7 Å². The highest BCUT2D eigenvalue weighted by atomic mass is 32.2. The van der Waals surface area contributed by atoms with Crippen LogP contribution in [-0.4, -0.2) is 44.4 Å². The normalized spacial score (nSPS) is 16.0. The van der Waals surface area contributed by atoms with Crippen LogP contribution in [0.2, 0.25) is 0 Å². The van der Waals surface area contributed by atoms with Gasteiger partial charge in [0.2, 0.25) is 15.9 Å². The summed E-state index contributed by atoms with van der Waals surface area (Å²) in [5, 5.41) is 18.8. The predicted molar refractivity (Wildman–Crippen MR) is 108 cm³/mol. The zero-order chi connectivity index (χ0) is 22.3. The molecule has 30 heavy (non-hydrogen) atoms. The van der Waals surface area contributed by atoms with Gasteiger partial charge in [0.1, 0.15) is 11.5 Å². The van der Waals surface area contributed by atoms with Crippen molar-refractivity contribution in [3.8, 4) is 0 Å². The summed E-state index contributed by atoms with van der Waals surface area (Å²) >= 11 is 0.581. The van der Waals surface area contributed by atoms with Gasteiger partial charge in [-0.1, -0.05) is 32.1 Å². The number of aliphatic hydroxyl groups is 1. The van der Waals surface area contributed by atoms with E-state index in [4.69, 9.17) is 10.2 Å². The van der Waals surface area contributed by atoms with Crippen molar-refractivity contribution in [1.29, 1.82) is 0 Å². The number of benzene rings is 1. The van der Waals surface area contributed by atoms with Gasteiger partial charge in [0.05, 0.1) is 10.6 Å². The first kappa shape index (κ1) is 24.8. The third-order valence-corrected chi connectivity index (χ3v) is 6.80. The van der Waals surface area contributed by atoms with Crippen molar-refractivity contribution in [3.63, 3.8) is 0 Å². The van der Waals surface area contributed by atoms with Gasteiger partial charge < -0.3 is 15.7 Å². The Morgan fingerprint density at radius 3 is 2.23 bits per heavy atom. The van der Waals surface area contributed by atoms with Crippen LogP contribution in [0.3, 0.4) is 0 Å². The van der Waals surface area contributed by atoms with E-state index in [1.165, 1.54) is 0 Å². The number of amides is 1. The topological polar surface area (TPSA) is 122 Å². The molecule has 1 aromatic carbocycles. The van der Waals surface area contributed by atoms with Crippen molar-refractivity contribution in [1.82, 2.24) is 5.32 Å². The van der Waals surface area contributed by atoms with E-state index in [9.17, 15) is 22.0 Å². The van der Waals surface area contributed by atoms with Crippen molar-refractivity contribution < 1.29 is 31.5 Å². The Balaban J connectivity index is 2.36. The maximum Gasteiger partial charge on any atom is 0.245 e. The summed E-state index contributed by atoms with van der Waals surface area (Å²) in [5.74, 6) is -5.33. The first-order valence-electron chi connectivity index (χ1n) is 9.67. The molecule has 1 aliphatic carbocycles. The molecule has 0 saturated heterocycles. The van der Waals surface area contributed by atoms with E-state index >= 15 is 4.39 Å². The summed E-state index contributed by atoms with van der Waals surface area (Å²) in [4.78, 5) is 9.10. The van der Waals surface area contributed by atoms with Crippen molar-refractivity contribution in [2.24, 2.45) is 5.14 Å². The third kappa shape index (κ3) is 6.50. The summed E-state index contributed by atoms with van der Waals surface area (Å²) in [7, 11) is -4.74. The van der Waals surface area contributed by atoms with E-state index in [0.717, 1.165) is 32.1 Å². The number of rotatable bonds is 8. The van der Waals surface area contributed by atoms with Gasteiger partial charge in [-0.15, -0.1) is 11.8 Å². The molecule has 0 aliphatic heterocycles. The minimum Gasteiger partial charge on any atom is -0.387 e. The summed E-state index contributed by atoms with van der Waals surface area (Å²) in [6.07, 6.45) is 6.03. The van der Waals surface area contributed by atoms with Crippen LogP contribution in [-0.2, 0) is 14.8 Å². The first-order valence-corrected chi connectivity index (χ1v) is 12.2. The highest BCUT2D eigenvalue weighted by Gasteiger charge is 2.32. The summed E-state index contributed by atoms with van der Waals surface area (Å²) in [6.45, 7) is -0.770. The van der Waals surface area contributed by atoms with Crippen LogP contribution in [0.4, 0.5) is 18.9 Å². The molecule has 1 fully saturated rings. The number of hydrogen-bond donors (Lipinski definition) is 4. The molecule has 170 valence electrons. The average Bonchev–Trinajstić information content (AvgIpc) is 2.65. The molecule has 0 bridgehead atoms. The fourth-order valence-electron chi connectivity index (χ4n) is 3.35. The number of thioether (sulfide) groups is 1. The van der Waals surface area contributed by atoms with E-state index in [1.54, 1.807) is 0 Å². The number of halogens is 3. The van der Waals surface area contributed by atoms with E-state index in [-0.39, 0.29) is 18.3 Å². The van der Waals surface area contributed by atoms with Gasteiger partial charge >= 0.3 is 0 Å². The standard InChI is InChI=1S/C18H26F3N3O4S2/c19-13-14(20)18(30(22,27)28)16(24-11-6-4-2-1-3-5-7-11)15(21)17(13)29-9-8-23-12(26)10-25/h11,24-25H,1-10H2,(H,23,26)(H2,22,27,28). The molecule has 2 rings (SSSR count). The molecule has 0 heterocycles. The summed E-state index contributed by atoms with van der Waals surface area (Å²) < 4.78 is 68.1. The molecule has 1 aliphatic rings. The average molecular weight is 470 g/mol. The van der Waals surface area contributed by atoms with Crippen LogP contribution in [0.1, 0.15) is 44.9 Å². The molecule has 1 amide bonds. The molecule has 0 radical (unpaired) electrons. The predicted octanol–water partition coefficient (Wildman–Crippen LogP) is 2.48. The molecular formula is C18H26F3N3O4S2. The Hall–Kier alpha value is -1.50. The zero-order valence-corrected chi connectivity index (χ0v) is 18.0. The Morgan fingerprint density at radius 1 is 1.07 bits per heavy atom. The Kier molecular flexibility index (Phi) is 9.26. The third-order valence-electron chi connectivity index (χ3n) is 4.79. The number of carbonyl (C=O) groups excluding carboxylic acids is 1. The second-order valence-corrected chi connectivity index (χ2v) is 9.67. The monoisotopic (exact) mass is 469 g/mol. The second-order valence-electron chi connectivity index (χ2n) is 7.06. The number of hydrogen-bond acceptors (Lipinski definition) is 6. The molecule has 0 spiro atoms. The lowest BCUT2D eigenvalue weighted by molar-refractivity contribution is -0.123. The minimum atomic E-state index is -4.74. The molecular weight excluding hydrogens is 443 g/mol. The van der Waals surface area contributed by atoms with Crippen LogP contribution in [0.5, 0.6) is 0 Å². The molecule has 0 unspecified atom stereocenters. The van der Waals surface area contributed by atoms with Crippen molar-refractivity contribution >= 4 is 33.4 Å². The Morgan fingerprint density at radius 2 is 1.67 bits per heavy atom. The molecule has 7 nitrogen and oxygen atoms in total. The van der Waals surface area contributed by atoms with Crippen LogP contribution < -0.4 is 15.8 Å². The second kappa shape index (κ2) is 11.2. The van der Waals surface area contributed by atoms with E-state index in [2.05, 4.69) is 10.6 Å². The largest absolute Gasteiger partial charge is 0.387 e. The fraction of sp³-hybridized carbons (Fsp3) is 0.611. The summed E-state index contributed by atoms with van der Waals surface area (Å²) in [5.41, 5.74) is -0.663. The quantitative estimate of drug-likeness (QED) is 0.264. The smallest absolute Gasteiger partial charge is 0.245 e. The lowest BCUT2D eigenvalue weighted by atomic mass is 9.96. The number of sulfonamides is 1. The van der Waals surface area contributed by atoms with Crippen molar-refractivity contribution in [2.45, 2.75) is 60.8 Å². The molecule has 1 saturated carbocycles. The zero-order valence-electron chi connectivity index (χ0n) is 16.3. The van der Waals surface area contributed by atoms with Gasteiger partial charge in [0, 0.05) is 18.3 Å². The SMILES string of the molecule is NS(=O)(=O)c1c(F)c(F)c(SCCNC(=O)CO)c(F)c1NC1CCCCCCC1.